The van der Waals surface area contributed by atoms with Crippen LogP contribution in [0.25, 0.3) is 0 Å². The topological polar surface area (TPSA) is 78.9 Å². The molecule has 1 atom stereocenters. The van der Waals surface area contributed by atoms with Crippen molar-refractivity contribution >= 4 is 17.9 Å². The molecule has 0 bridgehead atoms. The lowest BCUT2D eigenvalue weighted by atomic mass is 10.0. The zero-order valence-electron chi connectivity index (χ0n) is 50.0. The lowest BCUT2D eigenvalue weighted by Gasteiger charge is -2.18. The Kier molecular flexibility index (Phi) is 61.6. The lowest BCUT2D eigenvalue weighted by molar-refractivity contribution is -0.167. The maximum absolute atomic E-state index is 12.9. The number of carbonyl (C=O) groups excluding carboxylic acids is 3. The highest BCUT2D eigenvalue weighted by Crippen LogP contribution is 2.19. The Hall–Kier alpha value is -1.59. The second kappa shape index (κ2) is 62.9. The lowest BCUT2D eigenvalue weighted by Crippen LogP contribution is -2.30. The molecule has 434 valence electrons. The second-order valence-corrected chi connectivity index (χ2v) is 23.1. The number of unbranched alkanes of at least 4 members (excludes halogenated alkanes) is 52. The molecule has 0 spiro atoms. The van der Waals surface area contributed by atoms with Crippen LogP contribution in [0.3, 0.4) is 0 Å². The molecule has 0 rings (SSSR count). The minimum atomic E-state index is -0.762. The number of rotatable bonds is 63. The van der Waals surface area contributed by atoms with Crippen LogP contribution in [0.4, 0.5) is 0 Å². The fourth-order valence-corrected chi connectivity index (χ4v) is 10.6. The van der Waals surface area contributed by atoms with Crippen LogP contribution in [0.1, 0.15) is 393 Å². The molecule has 0 radical (unpaired) electrons. The molecule has 0 amide bonds. The molecular formula is C67H130O6. The van der Waals surface area contributed by atoms with Crippen molar-refractivity contribution in [3.8, 4) is 0 Å². The molecule has 0 aliphatic carbocycles. The van der Waals surface area contributed by atoms with Crippen LogP contribution in [0.2, 0.25) is 0 Å². The van der Waals surface area contributed by atoms with Gasteiger partial charge in [0.15, 0.2) is 6.10 Å². The Balaban J connectivity index is 4.10. The van der Waals surface area contributed by atoms with E-state index in [1.54, 1.807) is 0 Å². The smallest absolute Gasteiger partial charge is 0.306 e. The van der Waals surface area contributed by atoms with Crippen molar-refractivity contribution in [1.29, 1.82) is 0 Å². The summed E-state index contributed by atoms with van der Waals surface area (Å²) >= 11 is 0. The van der Waals surface area contributed by atoms with Gasteiger partial charge in [-0.3, -0.25) is 14.4 Å². The largest absolute Gasteiger partial charge is 0.462 e. The highest BCUT2D eigenvalue weighted by Gasteiger charge is 2.19. The summed E-state index contributed by atoms with van der Waals surface area (Å²) in [6.45, 7) is 6.71. The minimum Gasteiger partial charge on any atom is -0.462 e. The van der Waals surface area contributed by atoms with E-state index in [-0.39, 0.29) is 31.1 Å². The number of hydrogen-bond donors (Lipinski definition) is 0. The summed E-state index contributed by atoms with van der Waals surface area (Å²) < 4.78 is 16.9. The zero-order chi connectivity index (χ0) is 52.9. The first-order valence-electron chi connectivity index (χ1n) is 33.5. The maximum Gasteiger partial charge on any atom is 0.306 e. The monoisotopic (exact) mass is 1030 g/mol. The second-order valence-electron chi connectivity index (χ2n) is 23.1. The zero-order valence-corrected chi connectivity index (χ0v) is 50.0. The third-order valence-corrected chi connectivity index (χ3v) is 15.6. The normalized spacial score (nSPS) is 11.9. The molecule has 0 aromatic carbocycles. The van der Waals surface area contributed by atoms with Crippen LogP contribution in [-0.2, 0) is 28.6 Å². The van der Waals surface area contributed by atoms with Crippen molar-refractivity contribution in [3.05, 3.63) is 0 Å². The summed E-state index contributed by atoms with van der Waals surface area (Å²) in [6, 6.07) is 0. The van der Waals surface area contributed by atoms with E-state index in [1.807, 2.05) is 0 Å². The highest BCUT2D eigenvalue weighted by molar-refractivity contribution is 5.71. The van der Waals surface area contributed by atoms with Crippen LogP contribution >= 0.6 is 0 Å². The first-order chi connectivity index (χ1) is 36.0. The van der Waals surface area contributed by atoms with Gasteiger partial charge in [0.2, 0.25) is 0 Å². The maximum atomic E-state index is 12.9. The summed E-state index contributed by atoms with van der Waals surface area (Å²) in [5.74, 6) is -0.829. The summed E-state index contributed by atoms with van der Waals surface area (Å²) in [5.41, 5.74) is 0. The third-order valence-electron chi connectivity index (χ3n) is 15.6. The summed E-state index contributed by atoms with van der Waals surface area (Å²) in [4.78, 5) is 38.2. The van der Waals surface area contributed by atoms with Gasteiger partial charge in [-0.2, -0.15) is 0 Å². The van der Waals surface area contributed by atoms with Gasteiger partial charge in [0.25, 0.3) is 0 Å². The standard InChI is InChI=1S/C67H130O6/c1-4-7-10-13-16-19-21-23-25-27-29-31-32-33-34-36-37-39-41-43-45-48-51-54-57-60-66(69)72-63-64(62-71-65(68)59-56-53-50-47-18-15-12-9-6-3)73-67(70)61-58-55-52-49-46-44-42-40-38-35-30-28-26-24-22-20-17-14-11-8-5-2/h64H,4-63H2,1-3H3. The molecule has 0 saturated heterocycles. The first kappa shape index (κ1) is 71.4. The fraction of sp³-hybridized carbons (Fsp3) is 0.955. The van der Waals surface area contributed by atoms with Gasteiger partial charge in [0.05, 0.1) is 0 Å². The van der Waals surface area contributed by atoms with Gasteiger partial charge >= 0.3 is 17.9 Å². The fourth-order valence-electron chi connectivity index (χ4n) is 10.6. The van der Waals surface area contributed by atoms with E-state index in [0.29, 0.717) is 19.3 Å². The van der Waals surface area contributed by atoms with Crippen LogP contribution in [0, 0.1) is 0 Å². The van der Waals surface area contributed by atoms with E-state index in [9.17, 15) is 14.4 Å². The number of hydrogen-bond acceptors (Lipinski definition) is 6. The van der Waals surface area contributed by atoms with E-state index >= 15 is 0 Å². The molecule has 0 aliphatic rings. The van der Waals surface area contributed by atoms with Crippen molar-refractivity contribution in [2.45, 2.75) is 399 Å². The van der Waals surface area contributed by atoms with Crippen LogP contribution < -0.4 is 0 Å². The molecule has 0 saturated carbocycles. The molecule has 0 heterocycles. The van der Waals surface area contributed by atoms with Gasteiger partial charge in [0, 0.05) is 19.3 Å². The quantitative estimate of drug-likeness (QED) is 0.0343. The summed E-state index contributed by atoms with van der Waals surface area (Å²) in [5, 5.41) is 0. The van der Waals surface area contributed by atoms with Gasteiger partial charge in [-0.1, -0.05) is 355 Å². The minimum absolute atomic E-state index is 0.0609. The van der Waals surface area contributed by atoms with E-state index in [0.717, 1.165) is 57.8 Å². The van der Waals surface area contributed by atoms with Gasteiger partial charge in [-0.15, -0.1) is 0 Å². The van der Waals surface area contributed by atoms with Crippen molar-refractivity contribution in [1.82, 2.24) is 0 Å². The van der Waals surface area contributed by atoms with Gasteiger partial charge < -0.3 is 14.2 Å². The number of esters is 3. The molecule has 0 fully saturated rings. The van der Waals surface area contributed by atoms with Crippen molar-refractivity contribution in [2.75, 3.05) is 13.2 Å². The summed E-state index contributed by atoms with van der Waals surface area (Å²) in [6.07, 6.45) is 72.8. The van der Waals surface area contributed by atoms with Gasteiger partial charge in [0.1, 0.15) is 13.2 Å². The Morgan fingerprint density at radius 3 is 0.548 bits per heavy atom. The number of ether oxygens (including phenoxy) is 3. The van der Waals surface area contributed by atoms with Gasteiger partial charge in [-0.05, 0) is 19.3 Å². The molecule has 6 nitrogen and oxygen atoms in total. The average molecular weight is 1030 g/mol. The molecule has 6 heteroatoms. The molecular weight excluding hydrogens is 901 g/mol. The molecule has 0 aromatic heterocycles. The van der Waals surface area contributed by atoms with E-state index in [2.05, 4.69) is 20.8 Å². The third kappa shape index (κ3) is 61.1. The Morgan fingerprint density at radius 1 is 0.219 bits per heavy atom. The van der Waals surface area contributed by atoms with Crippen LogP contribution in [0.5, 0.6) is 0 Å². The summed E-state index contributed by atoms with van der Waals surface area (Å²) in [7, 11) is 0. The van der Waals surface area contributed by atoms with Crippen molar-refractivity contribution in [2.24, 2.45) is 0 Å². The van der Waals surface area contributed by atoms with E-state index < -0.39 is 6.10 Å². The highest BCUT2D eigenvalue weighted by atomic mass is 16.6. The van der Waals surface area contributed by atoms with Crippen LogP contribution in [-0.4, -0.2) is 37.2 Å². The predicted molar refractivity (Wildman–Crippen MR) is 317 cm³/mol. The Labute approximate surface area is 457 Å². The van der Waals surface area contributed by atoms with Crippen LogP contribution in [0.15, 0.2) is 0 Å². The van der Waals surface area contributed by atoms with E-state index in [4.69, 9.17) is 14.2 Å². The Bertz CT molecular complexity index is 1090. The molecule has 1 unspecified atom stereocenters. The Morgan fingerprint density at radius 2 is 0.370 bits per heavy atom. The molecule has 0 N–H and O–H groups in total. The van der Waals surface area contributed by atoms with Gasteiger partial charge in [-0.25, -0.2) is 0 Å². The number of carbonyl (C=O) groups is 3. The molecule has 0 aromatic rings. The average Bonchev–Trinajstić information content (AvgIpc) is 3.39. The molecule has 73 heavy (non-hydrogen) atoms. The SMILES string of the molecule is CCCCCCCCCCCCCCCCCCCCCCCCCCCC(=O)OCC(COC(=O)CCCCCCCCCCC)OC(=O)CCCCCCCCCCCCCCCCCCCCCCC. The van der Waals surface area contributed by atoms with E-state index in [1.165, 1.54) is 295 Å². The predicted octanol–water partition coefficient (Wildman–Crippen LogP) is 22.7. The van der Waals surface area contributed by atoms with Crippen molar-refractivity contribution < 1.29 is 28.6 Å². The molecule has 0 aliphatic heterocycles. The van der Waals surface area contributed by atoms with Crippen molar-refractivity contribution in [3.63, 3.8) is 0 Å². The first-order valence-corrected chi connectivity index (χ1v) is 33.5.